The summed E-state index contributed by atoms with van der Waals surface area (Å²) >= 11 is 6.22. The maximum Gasteiger partial charge on any atom is 0.225 e. The van der Waals surface area contributed by atoms with Gasteiger partial charge >= 0.3 is 0 Å². The highest BCUT2D eigenvalue weighted by Gasteiger charge is 2.38. The number of nitrogens with zero attached hydrogens (tertiary/aromatic N) is 1. The number of pyridine rings is 1. The zero-order chi connectivity index (χ0) is 17.3. The topological polar surface area (TPSA) is 77.2 Å². The first-order chi connectivity index (χ1) is 11.4. The average Bonchev–Trinajstić information content (AvgIpc) is 2.54. The van der Waals surface area contributed by atoms with Gasteiger partial charge in [0.25, 0.3) is 0 Å². The molecule has 0 atom stereocenters. The van der Waals surface area contributed by atoms with Gasteiger partial charge in [-0.3, -0.25) is 9.78 Å². The molecule has 128 valence electrons. The van der Waals surface area contributed by atoms with Gasteiger partial charge in [-0.1, -0.05) is 11.6 Å². The van der Waals surface area contributed by atoms with Crippen LogP contribution >= 0.6 is 11.6 Å². The van der Waals surface area contributed by atoms with Gasteiger partial charge in [0.15, 0.2) is 0 Å². The molecule has 1 aromatic carbocycles. The minimum Gasteiger partial charge on any atom is -0.383 e. The number of nitrogens with two attached hydrogens (primary N) is 1. The summed E-state index contributed by atoms with van der Waals surface area (Å²) in [6, 6.07) is 5.79. The Bertz CT molecular complexity index is 785. The van der Waals surface area contributed by atoms with Gasteiger partial charge in [-0.05, 0) is 50.5 Å². The highest BCUT2D eigenvalue weighted by molar-refractivity contribution is 6.31. The molecule has 1 aliphatic heterocycles. The third-order valence-corrected chi connectivity index (χ3v) is 5.00. The predicted octanol–water partition coefficient (Wildman–Crippen LogP) is 3.20. The number of aromatic nitrogens is 1. The van der Waals surface area contributed by atoms with Crippen LogP contribution in [-0.4, -0.2) is 30.6 Å². The van der Waals surface area contributed by atoms with Gasteiger partial charge in [0.1, 0.15) is 0 Å². The Balaban J connectivity index is 1.96. The van der Waals surface area contributed by atoms with Crippen molar-refractivity contribution in [3.63, 3.8) is 0 Å². The number of amides is 1. The Hall–Kier alpha value is -1.85. The highest BCUT2D eigenvalue weighted by atomic mass is 35.5. The lowest BCUT2D eigenvalue weighted by Crippen LogP contribution is -2.46. The van der Waals surface area contributed by atoms with Crippen molar-refractivity contribution in [3.05, 3.63) is 34.5 Å². The number of carbonyl (C=O) groups excluding carboxylic acids is 1. The number of carbonyl (C=O) groups is 1. The van der Waals surface area contributed by atoms with Crippen molar-refractivity contribution in [1.82, 2.24) is 4.98 Å². The fraction of sp³-hybridized carbons (Fsp3) is 0.444. The zero-order valence-electron chi connectivity index (χ0n) is 14.0. The molecule has 6 heteroatoms. The number of nitrogens with one attached hydrogen (secondary N) is 1. The summed E-state index contributed by atoms with van der Waals surface area (Å²) in [4.78, 5) is 16.6. The predicted molar refractivity (Wildman–Crippen MR) is 96.4 cm³/mol. The Labute approximate surface area is 146 Å². The van der Waals surface area contributed by atoms with E-state index in [0.29, 0.717) is 37.6 Å². The summed E-state index contributed by atoms with van der Waals surface area (Å²) < 4.78 is 5.38. The van der Waals surface area contributed by atoms with E-state index in [2.05, 4.69) is 10.3 Å². The lowest BCUT2D eigenvalue weighted by Gasteiger charge is -2.34. The largest absolute Gasteiger partial charge is 0.383 e. The van der Waals surface area contributed by atoms with E-state index in [1.165, 1.54) is 0 Å². The minimum absolute atomic E-state index is 0.275. The molecular weight excluding hydrogens is 326 g/mol. The van der Waals surface area contributed by atoms with Crippen molar-refractivity contribution in [1.29, 1.82) is 0 Å². The number of aryl methyl sites for hydroxylation is 2. The number of halogens is 1. The smallest absolute Gasteiger partial charge is 0.225 e. The normalized spacial score (nSPS) is 17.0. The molecule has 1 aromatic heterocycles. The Kier molecular flexibility index (Phi) is 4.65. The molecule has 0 bridgehead atoms. The van der Waals surface area contributed by atoms with Crippen LogP contribution in [0.3, 0.4) is 0 Å². The van der Waals surface area contributed by atoms with Gasteiger partial charge in [0, 0.05) is 41.5 Å². The van der Waals surface area contributed by atoms with E-state index < -0.39 is 5.41 Å². The van der Waals surface area contributed by atoms with E-state index in [1.54, 1.807) is 0 Å². The summed E-state index contributed by atoms with van der Waals surface area (Å²) in [5.74, 6) is -0.275. The second kappa shape index (κ2) is 6.57. The number of benzene rings is 1. The standard InChI is InChI=1S/C18H22ClN3O2/c1-11-7-13(19)9-14-15(8-12(2)22-16(11)14)21-10-18(17(20)23)3-5-24-6-4-18/h7-9H,3-6,10H2,1-2H3,(H2,20,23)(H,21,22). The zero-order valence-corrected chi connectivity index (χ0v) is 14.7. The van der Waals surface area contributed by atoms with Gasteiger partial charge in [-0.15, -0.1) is 0 Å². The van der Waals surface area contributed by atoms with Gasteiger partial charge in [-0.2, -0.15) is 0 Å². The Morgan fingerprint density at radius 2 is 2.04 bits per heavy atom. The van der Waals surface area contributed by atoms with E-state index in [-0.39, 0.29) is 5.91 Å². The average molecular weight is 348 g/mol. The van der Waals surface area contributed by atoms with E-state index in [4.69, 9.17) is 22.1 Å². The molecule has 1 amide bonds. The molecule has 1 fully saturated rings. The maximum atomic E-state index is 12.0. The van der Waals surface area contributed by atoms with Crippen LogP contribution in [0.25, 0.3) is 10.9 Å². The molecule has 0 radical (unpaired) electrons. The molecule has 0 unspecified atom stereocenters. The van der Waals surface area contributed by atoms with Crippen LogP contribution in [0.1, 0.15) is 24.1 Å². The number of hydrogen-bond donors (Lipinski definition) is 2. The quantitative estimate of drug-likeness (QED) is 0.890. The molecule has 2 aromatic rings. The highest BCUT2D eigenvalue weighted by Crippen LogP contribution is 2.33. The molecule has 2 heterocycles. The van der Waals surface area contributed by atoms with Gasteiger partial charge in [-0.25, -0.2) is 0 Å². The van der Waals surface area contributed by atoms with Crippen molar-refractivity contribution in [2.24, 2.45) is 11.1 Å². The molecule has 24 heavy (non-hydrogen) atoms. The number of hydrogen-bond acceptors (Lipinski definition) is 4. The van der Waals surface area contributed by atoms with E-state index in [9.17, 15) is 4.79 Å². The molecule has 3 rings (SSSR count). The molecule has 0 spiro atoms. The van der Waals surface area contributed by atoms with Crippen molar-refractivity contribution < 1.29 is 9.53 Å². The van der Waals surface area contributed by atoms with Crippen molar-refractivity contribution in [3.8, 4) is 0 Å². The molecule has 0 aliphatic carbocycles. The summed E-state index contributed by atoms with van der Waals surface area (Å²) in [6.07, 6.45) is 1.27. The van der Waals surface area contributed by atoms with E-state index in [1.807, 2.05) is 32.0 Å². The maximum absolute atomic E-state index is 12.0. The second-order valence-electron chi connectivity index (χ2n) is 6.54. The van der Waals surface area contributed by atoms with Crippen LogP contribution in [0.4, 0.5) is 5.69 Å². The van der Waals surface area contributed by atoms with Gasteiger partial charge in [0.2, 0.25) is 5.91 Å². The number of fused-ring (bicyclic) bond motifs is 1. The summed E-state index contributed by atoms with van der Waals surface area (Å²) in [5, 5.41) is 5.05. The number of primary amides is 1. The first kappa shape index (κ1) is 17.0. The third-order valence-electron chi connectivity index (χ3n) is 4.79. The minimum atomic E-state index is -0.574. The Morgan fingerprint density at radius 3 is 2.71 bits per heavy atom. The van der Waals surface area contributed by atoms with Crippen LogP contribution in [0, 0.1) is 19.3 Å². The first-order valence-electron chi connectivity index (χ1n) is 8.10. The van der Waals surface area contributed by atoms with Crippen molar-refractivity contribution in [2.75, 3.05) is 25.1 Å². The molecule has 3 N–H and O–H groups in total. The van der Waals surface area contributed by atoms with Crippen LogP contribution < -0.4 is 11.1 Å². The number of ether oxygens (including phenoxy) is 1. The van der Waals surface area contributed by atoms with Crippen LogP contribution in [0.5, 0.6) is 0 Å². The lowest BCUT2D eigenvalue weighted by atomic mass is 9.79. The van der Waals surface area contributed by atoms with Crippen LogP contribution in [-0.2, 0) is 9.53 Å². The van der Waals surface area contributed by atoms with E-state index in [0.717, 1.165) is 27.8 Å². The van der Waals surface area contributed by atoms with Crippen molar-refractivity contribution >= 4 is 34.1 Å². The summed E-state index contributed by atoms with van der Waals surface area (Å²) in [7, 11) is 0. The summed E-state index contributed by atoms with van der Waals surface area (Å²) in [5.41, 5.74) is 8.90. The molecule has 1 saturated heterocycles. The van der Waals surface area contributed by atoms with Gasteiger partial charge < -0.3 is 15.8 Å². The fourth-order valence-electron chi connectivity index (χ4n) is 3.27. The van der Waals surface area contributed by atoms with Crippen LogP contribution in [0.15, 0.2) is 18.2 Å². The third kappa shape index (κ3) is 3.19. The van der Waals surface area contributed by atoms with Crippen molar-refractivity contribution in [2.45, 2.75) is 26.7 Å². The molecule has 1 aliphatic rings. The second-order valence-corrected chi connectivity index (χ2v) is 6.98. The lowest BCUT2D eigenvalue weighted by molar-refractivity contribution is -0.132. The van der Waals surface area contributed by atoms with Gasteiger partial charge in [0.05, 0.1) is 10.9 Å². The van der Waals surface area contributed by atoms with Crippen LogP contribution in [0.2, 0.25) is 5.02 Å². The molecule has 0 saturated carbocycles. The van der Waals surface area contributed by atoms with E-state index >= 15 is 0 Å². The monoisotopic (exact) mass is 347 g/mol. The number of rotatable bonds is 4. The molecular formula is C18H22ClN3O2. The fourth-order valence-corrected chi connectivity index (χ4v) is 3.54. The molecule has 5 nitrogen and oxygen atoms in total. The SMILES string of the molecule is Cc1cc(NCC2(C(N)=O)CCOCC2)c2cc(Cl)cc(C)c2n1. The number of anilines is 1. The Morgan fingerprint density at radius 1 is 1.33 bits per heavy atom. The summed E-state index contributed by atoms with van der Waals surface area (Å²) in [6.45, 7) is 5.55. The first-order valence-corrected chi connectivity index (χ1v) is 8.48.